The van der Waals surface area contributed by atoms with Gasteiger partial charge in [0.05, 0.1) is 4.90 Å². The number of ketones is 1. The van der Waals surface area contributed by atoms with Crippen LogP contribution in [-0.4, -0.2) is 39.2 Å². The first kappa shape index (κ1) is 24.6. The standard InChI is InChI=1S/C25H30N2O5S/c1-16-14-21(19(4)18(3)17(16)2)22(28)15-32-24(29)12-6-5-9-13-26-25-20-10-7-8-11-23(20)33(30,31)27-25/h7-8,10-11,14H,5-6,9,12-13,15H2,1-4H3,(H,26,27). The van der Waals surface area contributed by atoms with Gasteiger partial charge in [0, 0.05) is 24.1 Å². The van der Waals surface area contributed by atoms with E-state index in [1.807, 2.05) is 33.8 Å². The monoisotopic (exact) mass is 470 g/mol. The van der Waals surface area contributed by atoms with Crippen LogP contribution < -0.4 is 4.72 Å². The van der Waals surface area contributed by atoms with Crippen molar-refractivity contribution >= 4 is 27.6 Å². The third kappa shape index (κ3) is 5.68. The van der Waals surface area contributed by atoms with Gasteiger partial charge in [-0.05, 0) is 81.0 Å². The average molecular weight is 471 g/mol. The first-order valence-electron chi connectivity index (χ1n) is 11.0. The number of rotatable bonds is 9. The van der Waals surface area contributed by atoms with Gasteiger partial charge in [-0.25, -0.2) is 8.42 Å². The van der Waals surface area contributed by atoms with E-state index in [1.165, 1.54) is 5.56 Å². The number of nitrogens with zero attached hydrogens (tertiary/aromatic N) is 1. The molecule has 0 fully saturated rings. The van der Waals surface area contributed by atoms with Crippen LogP contribution in [0, 0.1) is 27.7 Å². The largest absolute Gasteiger partial charge is 0.457 e. The Kier molecular flexibility index (Phi) is 7.68. The quantitative estimate of drug-likeness (QED) is 0.340. The molecule has 0 atom stereocenters. The molecule has 0 aliphatic carbocycles. The molecule has 7 nitrogen and oxygen atoms in total. The lowest BCUT2D eigenvalue weighted by Gasteiger charge is -2.13. The molecule has 1 aliphatic rings. The molecule has 0 radical (unpaired) electrons. The highest BCUT2D eigenvalue weighted by Gasteiger charge is 2.29. The predicted octanol–water partition coefficient (Wildman–Crippen LogP) is 3.95. The summed E-state index contributed by atoms with van der Waals surface area (Å²) in [5, 5.41) is 0. The summed E-state index contributed by atoms with van der Waals surface area (Å²) in [5.74, 6) is -0.229. The highest BCUT2D eigenvalue weighted by atomic mass is 32.2. The summed E-state index contributed by atoms with van der Waals surface area (Å²) >= 11 is 0. The first-order valence-corrected chi connectivity index (χ1v) is 12.5. The highest BCUT2D eigenvalue weighted by Crippen LogP contribution is 2.23. The smallest absolute Gasteiger partial charge is 0.306 e. The molecular formula is C25H30N2O5S. The molecule has 1 N–H and O–H groups in total. The van der Waals surface area contributed by atoms with Gasteiger partial charge in [-0.3, -0.25) is 19.3 Å². The summed E-state index contributed by atoms with van der Waals surface area (Å²) in [4.78, 5) is 29.1. The van der Waals surface area contributed by atoms with E-state index in [0.717, 1.165) is 23.1 Å². The van der Waals surface area contributed by atoms with Crippen molar-refractivity contribution in [1.82, 2.24) is 4.72 Å². The van der Waals surface area contributed by atoms with E-state index in [2.05, 4.69) is 9.71 Å². The fourth-order valence-electron chi connectivity index (χ4n) is 3.80. The second-order valence-electron chi connectivity index (χ2n) is 8.34. The molecule has 0 amide bonds. The van der Waals surface area contributed by atoms with E-state index in [4.69, 9.17) is 4.74 Å². The fourth-order valence-corrected chi connectivity index (χ4v) is 5.05. The minimum atomic E-state index is -3.53. The van der Waals surface area contributed by atoms with Crippen LogP contribution in [0.2, 0.25) is 0 Å². The third-order valence-corrected chi connectivity index (χ3v) is 7.51. The third-order valence-electron chi connectivity index (χ3n) is 6.12. The van der Waals surface area contributed by atoms with E-state index in [1.54, 1.807) is 24.3 Å². The maximum absolute atomic E-state index is 12.5. The van der Waals surface area contributed by atoms with Gasteiger partial charge >= 0.3 is 5.97 Å². The fraction of sp³-hybridized carbons (Fsp3) is 0.400. The molecule has 1 heterocycles. The van der Waals surface area contributed by atoms with Crippen LogP contribution in [0.5, 0.6) is 0 Å². The van der Waals surface area contributed by atoms with Crippen LogP contribution in [0.1, 0.15) is 63.9 Å². The van der Waals surface area contributed by atoms with Crippen molar-refractivity contribution < 1.29 is 22.7 Å². The number of ether oxygens (including phenoxy) is 1. The molecule has 0 saturated heterocycles. The van der Waals surface area contributed by atoms with Crippen molar-refractivity contribution in [3.05, 3.63) is 63.7 Å². The lowest BCUT2D eigenvalue weighted by Crippen LogP contribution is -2.22. The van der Waals surface area contributed by atoms with Crippen molar-refractivity contribution in [1.29, 1.82) is 0 Å². The lowest BCUT2D eigenvalue weighted by atomic mass is 9.93. The van der Waals surface area contributed by atoms with Crippen LogP contribution in [0.25, 0.3) is 0 Å². The molecule has 0 unspecified atom stereocenters. The van der Waals surface area contributed by atoms with Gasteiger partial charge < -0.3 is 4.74 Å². The van der Waals surface area contributed by atoms with Gasteiger partial charge in [-0.1, -0.05) is 18.6 Å². The second kappa shape index (κ2) is 10.3. The van der Waals surface area contributed by atoms with E-state index in [9.17, 15) is 18.0 Å². The van der Waals surface area contributed by atoms with Gasteiger partial charge in [0.1, 0.15) is 5.84 Å². The molecule has 2 aromatic rings. The SMILES string of the molecule is Cc1cc(C(=O)COC(=O)CCCCCN=C2NS(=O)(=O)c3ccccc32)c(C)c(C)c1C. The van der Waals surface area contributed by atoms with Crippen LogP contribution in [0.4, 0.5) is 0 Å². The number of carbonyl (C=O) groups is 2. The molecule has 33 heavy (non-hydrogen) atoms. The van der Waals surface area contributed by atoms with E-state index < -0.39 is 16.0 Å². The van der Waals surface area contributed by atoms with E-state index in [0.29, 0.717) is 36.3 Å². The number of Topliss-reactive ketones (excluding diaryl/α,β-unsaturated/α-hetero) is 1. The minimum absolute atomic E-state index is 0.192. The van der Waals surface area contributed by atoms with Crippen LogP contribution in [0.3, 0.4) is 0 Å². The van der Waals surface area contributed by atoms with Crippen molar-refractivity contribution in [3.63, 3.8) is 0 Å². The van der Waals surface area contributed by atoms with Crippen molar-refractivity contribution in [2.75, 3.05) is 13.2 Å². The molecule has 2 aromatic carbocycles. The number of hydrogen-bond acceptors (Lipinski definition) is 6. The summed E-state index contributed by atoms with van der Waals surface area (Å²) < 4.78 is 31.8. The van der Waals surface area contributed by atoms with Crippen molar-refractivity contribution in [2.45, 2.75) is 58.3 Å². The topological polar surface area (TPSA) is 102 Å². The van der Waals surface area contributed by atoms with Gasteiger partial charge in [0.15, 0.2) is 6.61 Å². The van der Waals surface area contributed by atoms with Crippen LogP contribution in [0.15, 0.2) is 40.2 Å². The van der Waals surface area contributed by atoms with Crippen molar-refractivity contribution in [3.8, 4) is 0 Å². The Bertz CT molecular complexity index is 1220. The highest BCUT2D eigenvalue weighted by molar-refractivity contribution is 7.90. The Morgan fingerprint density at radius 3 is 2.45 bits per heavy atom. The number of esters is 1. The molecule has 0 saturated carbocycles. The minimum Gasteiger partial charge on any atom is -0.457 e. The number of nitrogens with one attached hydrogen (secondary N) is 1. The number of hydrogen-bond donors (Lipinski definition) is 1. The zero-order chi connectivity index (χ0) is 24.2. The Balaban J connectivity index is 1.40. The van der Waals surface area contributed by atoms with Gasteiger partial charge in [0.2, 0.25) is 5.78 Å². The number of benzene rings is 2. The zero-order valence-corrected chi connectivity index (χ0v) is 20.3. The van der Waals surface area contributed by atoms with Crippen molar-refractivity contribution in [2.24, 2.45) is 4.99 Å². The normalized spacial score (nSPS) is 15.2. The number of carbonyl (C=O) groups excluding carboxylic acids is 2. The Morgan fingerprint density at radius 2 is 1.70 bits per heavy atom. The average Bonchev–Trinajstić information content (AvgIpc) is 3.05. The van der Waals surface area contributed by atoms with Gasteiger partial charge in [0.25, 0.3) is 10.0 Å². The molecule has 0 aromatic heterocycles. The van der Waals surface area contributed by atoms with Gasteiger partial charge in [-0.15, -0.1) is 0 Å². The molecule has 8 heteroatoms. The Labute approximate surface area is 195 Å². The molecular weight excluding hydrogens is 440 g/mol. The van der Waals surface area contributed by atoms with Gasteiger partial charge in [-0.2, -0.15) is 0 Å². The molecule has 1 aliphatic heterocycles. The lowest BCUT2D eigenvalue weighted by molar-refractivity contribution is -0.142. The number of aryl methyl sites for hydroxylation is 1. The predicted molar refractivity (Wildman–Crippen MR) is 127 cm³/mol. The Morgan fingerprint density at radius 1 is 0.970 bits per heavy atom. The van der Waals surface area contributed by atoms with Crippen LogP contribution in [-0.2, 0) is 19.6 Å². The van der Waals surface area contributed by atoms with Crippen LogP contribution >= 0.6 is 0 Å². The summed E-state index contributed by atoms with van der Waals surface area (Å²) in [6.07, 6.45) is 2.29. The summed E-state index contributed by atoms with van der Waals surface area (Å²) in [7, 11) is -3.53. The summed E-state index contributed by atoms with van der Waals surface area (Å²) in [6, 6.07) is 8.59. The molecule has 3 rings (SSSR count). The maximum Gasteiger partial charge on any atom is 0.306 e. The first-order chi connectivity index (χ1) is 15.6. The second-order valence-corrected chi connectivity index (χ2v) is 9.99. The number of amidine groups is 1. The van der Waals surface area contributed by atoms with E-state index in [-0.39, 0.29) is 23.7 Å². The van der Waals surface area contributed by atoms with E-state index >= 15 is 0 Å². The molecule has 0 bridgehead atoms. The summed E-state index contributed by atoms with van der Waals surface area (Å²) in [5.41, 5.74) is 5.41. The maximum atomic E-state index is 12.5. The molecule has 176 valence electrons. The molecule has 0 spiro atoms. The number of unbranched alkanes of at least 4 members (excludes halogenated alkanes) is 2. The number of fused-ring (bicyclic) bond motifs is 1. The summed E-state index contributed by atoms with van der Waals surface area (Å²) in [6.45, 7) is 8.10. The Hall–Kier alpha value is -3.00. The number of sulfonamides is 1. The zero-order valence-electron chi connectivity index (χ0n) is 19.5. The number of aliphatic imine (C=N–C) groups is 1.